The third kappa shape index (κ3) is 24.7. The molecule has 0 saturated carbocycles. The molecule has 0 radical (unpaired) electrons. The Hall–Kier alpha value is -8.54. The van der Waals surface area contributed by atoms with Crippen LogP contribution in [0.25, 0.3) is 44.3 Å². The molecule has 2 amide bonds. The number of carbonyl (C=O) groups excluding carboxylic acids is 4. The van der Waals surface area contributed by atoms with Crippen LogP contribution in [-0.4, -0.2) is 144 Å². The number of ketones is 1. The number of anilines is 5. The van der Waals surface area contributed by atoms with Gasteiger partial charge in [-0.1, -0.05) is 101 Å². The number of hydrogen-bond donors (Lipinski definition) is 8. The minimum atomic E-state index is -0.773. The molecule has 6 heterocycles. The van der Waals surface area contributed by atoms with Crippen LogP contribution in [0.2, 0.25) is 10.0 Å². The number of halogens is 3. The lowest BCUT2D eigenvalue weighted by atomic mass is 9.88. The molecule has 2 saturated heterocycles. The quantitative estimate of drug-likeness (QED) is 0.0302. The van der Waals surface area contributed by atoms with Crippen molar-refractivity contribution in [1.29, 1.82) is 0 Å². The molecule has 25 heteroatoms. The normalized spacial score (nSPS) is 16.1. The summed E-state index contributed by atoms with van der Waals surface area (Å²) in [6, 6.07) is 30.1. The van der Waals surface area contributed by atoms with Gasteiger partial charge in [0.2, 0.25) is 11.9 Å². The molecule has 0 aliphatic carbocycles. The molecule has 0 spiro atoms. The topological polar surface area (TPSA) is 297 Å². The first-order chi connectivity index (χ1) is 42.5. The number of nitrogens with one attached hydrogen (secondary N) is 6. The summed E-state index contributed by atoms with van der Waals surface area (Å²) in [6.45, 7) is 17.1. The van der Waals surface area contributed by atoms with Gasteiger partial charge in [-0.25, -0.2) is 34.3 Å². The van der Waals surface area contributed by atoms with E-state index in [1.807, 2.05) is 134 Å². The third-order valence-corrected chi connectivity index (χ3v) is 14.4. The molecule has 4 atom stereocenters. The Morgan fingerprint density at radius 3 is 1.43 bits per heavy atom. The Labute approximate surface area is 567 Å². The van der Waals surface area contributed by atoms with Gasteiger partial charge in [-0.3, -0.25) is 20.2 Å². The van der Waals surface area contributed by atoms with Crippen molar-refractivity contribution in [3.05, 3.63) is 137 Å². The number of ether oxygens (including phenoxy) is 3. The van der Waals surface area contributed by atoms with Crippen molar-refractivity contribution in [2.24, 2.45) is 11.8 Å². The largest absolute Gasteiger partial charge is 0.481 e. The molecule has 2 aliphatic heterocycles. The van der Waals surface area contributed by atoms with E-state index in [2.05, 4.69) is 55.8 Å². The number of benzene rings is 4. The number of nitrogens with zero attached hydrogens (tertiary/aromatic N) is 6. The molecule has 4 aromatic carbocycles. The van der Waals surface area contributed by atoms with E-state index < -0.39 is 40.7 Å². The highest BCUT2D eigenvalue weighted by molar-refractivity contribution is 6.61. The second-order valence-electron chi connectivity index (χ2n) is 24.2. The molecule has 2 fully saturated rings. The SMILES string of the molecule is C.C.C.C.CC(C)(C)OC(=O)Nc1ccc(N)cc1.CC(C)OC(=O)Cl.CN1CC(Nc2ncc(Cl)c(-c3c[nH]c4ccccc34)n2)C[C@@H](C(=O)Cc2ccc(NC(=O)OC(C)(C)C)cc2)C1.CN1CC(Nc2ncc(Cl)c(-c3c[nH]c4ccccc34)n2)C[C@@H](C(=O)O)C1. The lowest BCUT2D eigenvalue weighted by Crippen LogP contribution is -2.47. The summed E-state index contributed by atoms with van der Waals surface area (Å²) in [6.07, 6.45) is 7.44. The first-order valence-corrected chi connectivity index (χ1v) is 30.3. The summed E-state index contributed by atoms with van der Waals surface area (Å²) in [7, 11) is 3.94. The van der Waals surface area contributed by atoms with Gasteiger partial charge in [-0.15, -0.1) is 0 Å². The number of carboxylic acid groups (broad SMARTS) is 1. The molecular formula is C69H94Cl3N13O9. The smallest absolute Gasteiger partial charge is 0.412 e. The Kier molecular flexibility index (Phi) is 30.7. The second-order valence-corrected chi connectivity index (χ2v) is 25.3. The molecule has 0 bridgehead atoms. The van der Waals surface area contributed by atoms with E-state index in [-0.39, 0.29) is 59.6 Å². The van der Waals surface area contributed by atoms with E-state index in [4.69, 9.17) is 55.0 Å². The molecule has 10 rings (SSSR count). The van der Waals surface area contributed by atoms with Gasteiger partial charge in [0.1, 0.15) is 17.0 Å². The summed E-state index contributed by atoms with van der Waals surface area (Å²) < 4.78 is 14.8. The predicted octanol–water partition coefficient (Wildman–Crippen LogP) is 16.2. The third-order valence-electron chi connectivity index (χ3n) is 13.8. The fourth-order valence-electron chi connectivity index (χ4n) is 10.1. The highest BCUT2D eigenvalue weighted by Gasteiger charge is 2.32. The molecule has 8 aromatic rings. The Morgan fingerprint density at radius 2 is 1.03 bits per heavy atom. The number of rotatable bonds is 13. The van der Waals surface area contributed by atoms with Gasteiger partial charge < -0.3 is 55.5 Å². The molecule has 22 nitrogen and oxygen atoms in total. The van der Waals surface area contributed by atoms with Crippen molar-refractivity contribution in [3.8, 4) is 22.5 Å². The molecular weight excluding hydrogens is 1260 g/mol. The lowest BCUT2D eigenvalue weighted by molar-refractivity contribution is -0.143. The maximum absolute atomic E-state index is 13.3. The van der Waals surface area contributed by atoms with Crippen molar-refractivity contribution in [3.63, 3.8) is 0 Å². The summed E-state index contributed by atoms with van der Waals surface area (Å²) in [5.74, 6) is -0.205. The minimum Gasteiger partial charge on any atom is -0.481 e. The van der Waals surface area contributed by atoms with Crippen molar-refractivity contribution < 1.29 is 43.3 Å². The molecule has 2 aliphatic rings. The minimum absolute atomic E-state index is 0. The Morgan fingerprint density at radius 1 is 0.628 bits per heavy atom. The van der Waals surface area contributed by atoms with Crippen LogP contribution < -0.4 is 27.0 Å². The average molecular weight is 1360 g/mol. The van der Waals surface area contributed by atoms with Crippen molar-refractivity contribution in [2.75, 3.05) is 67.3 Å². The number of likely N-dealkylation sites (tertiary alicyclic amines) is 2. The number of carboxylic acids is 1. The molecule has 510 valence electrons. The van der Waals surface area contributed by atoms with E-state index in [1.165, 1.54) is 0 Å². The number of likely N-dealkylation sites (N-methyl/N-ethyl adjacent to an activating group) is 2. The van der Waals surface area contributed by atoms with Crippen LogP contribution >= 0.6 is 34.8 Å². The number of nitrogens with two attached hydrogens (primary N) is 1. The standard InChI is InChI=1S/C31H35ClN6O3.C19H20ClN5O2.C11H16N2O2.C4H7ClO2.4CH4/c1-31(2,3)41-30(40)36-21-11-9-19(10-12-21)13-27(39)20-14-22(18-38(4)17-20)35-29-34-16-25(32)28(37-29)24-15-33-26-8-6-5-7-23(24)26;1-25-9-11(18(26)27)6-12(10-25)23-19-22-8-15(20)17(24-19)14-7-21-16-5-3-2-4-13(14)16;1-11(2,3)15-10(14)13-9-6-4-8(12)5-7-9;1-3(2)7-4(5)6;;;;/h5-12,15-16,20,22,33H,13-14,17-18H2,1-4H3,(H,36,40)(H,34,35,37);2-5,7-8,11-12,21H,6,9-10H2,1H3,(H,26,27)(H,22,23,24);4-7H,12H2,1-3H3,(H,13,14);3H,1-2H3;4*1H4/t20-,22?;11-,12?;;;;;;/m11....../s1. The number of piperidine rings is 2. The van der Waals surface area contributed by atoms with Gasteiger partial charge in [0.25, 0.3) is 0 Å². The highest BCUT2D eigenvalue weighted by Crippen LogP contribution is 2.35. The highest BCUT2D eigenvalue weighted by atomic mass is 35.5. The number of para-hydroxylation sites is 2. The number of Topliss-reactive ketones (excluding diaryl/α,β-unsaturated/α-hetero) is 1. The maximum Gasteiger partial charge on any atom is 0.412 e. The summed E-state index contributed by atoms with van der Waals surface area (Å²) in [4.78, 5) is 86.6. The monoisotopic (exact) mass is 1350 g/mol. The summed E-state index contributed by atoms with van der Waals surface area (Å²) >= 11 is 17.7. The number of aromatic amines is 2. The fraction of sp³-hybridized carbons (Fsp3) is 0.406. The summed E-state index contributed by atoms with van der Waals surface area (Å²) in [5.41, 5.74) is 11.7. The molecule has 2 unspecified atom stereocenters. The van der Waals surface area contributed by atoms with Crippen LogP contribution in [0.4, 0.5) is 43.3 Å². The second kappa shape index (κ2) is 36.2. The predicted molar refractivity (Wildman–Crippen MR) is 382 cm³/mol. The average Bonchev–Trinajstić information content (AvgIpc) is 1.61. The Balaban J connectivity index is 0.000000373. The van der Waals surface area contributed by atoms with Gasteiger partial charge in [0.15, 0.2) is 0 Å². The number of nitrogen functional groups attached to an aromatic ring is 1. The zero-order valence-electron chi connectivity index (χ0n) is 52.0. The maximum atomic E-state index is 13.3. The van der Waals surface area contributed by atoms with Crippen molar-refractivity contribution in [1.82, 2.24) is 39.7 Å². The van der Waals surface area contributed by atoms with Gasteiger partial charge in [-0.2, -0.15) is 0 Å². The molecule has 9 N–H and O–H groups in total. The van der Waals surface area contributed by atoms with Crippen molar-refractivity contribution in [2.45, 2.75) is 134 Å². The van der Waals surface area contributed by atoms with E-state index in [1.54, 1.807) is 62.6 Å². The zero-order valence-corrected chi connectivity index (χ0v) is 54.3. The van der Waals surface area contributed by atoms with Crippen LogP contribution in [0.3, 0.4) is 0 Å². The number of carbonyl (C=O) groups is 5. The van der Waals surface area contributed by atoms with E-state index in [0.29, 0.717) is 82.7 Å². The lowest BCUT2D eigenvalue weighted by Gasteiger charge is -2.35. The molecule has 4 aromatic heterocycles. The molecule has 94 heavy (non-hydrogen) atoms. The fourth-order valence-corrected chi connectivity index (χ4v) is 10.6. The zero-order chi connectivity index (χ0) is 65.5. The van der Waals surface area contributed by atoms with Crippen LogP contribution in [0, 0.1) is 11.8 Å². The van der Waals surface area contributed by atoms with Crippen LogP contribution in [0.1, 0.15) is 104 Å². The number of H-pyrrole nitrogens is 2. The van der Waals surface area contributed by atoms with Crippen molar-refractivity contribution >= 4 is 115 Å². The van der Waals surface area contributed by atoms with Gasteiger partial charge >= 0.3 is 23.6 Å². The first-order valence-electron chi connectivity index (χ1n) is 29.2. The summed E-state index contributed by atoms with van der Waals surface area (Å²) in [5, 5.41) is 24.4. The van der Waals surface area contributed by atoms with Gasteiger partial charge in [-0.05, 0) is 136 Å². The number of fused-ring (bicyclic) bond motifs is 2. The number of aromatic nitrogens is 6. The van der Waals surface area contributed by atoms with E-state index in [0.717, 1.165) is 51.6 Å². The van der Waals surface area contributed by atoms with E-state index >= 15 is 0 Å². The number of hydrogen-bond acceptors (Lipinski definition) is 17. The number of aliphatic carboxylic acids is 1. The van der Waals surface area contributed by atoms with Crippen LogP contribution in [0.5, 0.6) is 0 Å². The van der Waals surface area contributed by atoms with Gasteiger partial charge in [0, 0.05) is 125 Å². The van der Waals surface area contributed by atoms with Crippen LogP contribution in [-0.2, 0) is 30.2 Å². The number of amides is 2. The first kappa shape index (κ1) is 79.7. The van der Waals surface area contributed by atoms with Crippen LogP contribution in [0.15, 0.2) is 122 Å². The Bertz CT molecular complexity index is 3740. The van der Waals surface area contributed by atoms with E-state index in [9.17, 15) is 29.1 Å². The van der Waals surface area contributed by atoms with Gasteiger partial charge in [0.05, 0.1) is 45.8 Å².